The molecular formula is C14H20N2O3. The number of carbonyl (C=O) groups excluding carboxylic acids is 2. The van der Waals surface area contributed by atoms with Crippen molar-refractivity contribution in [3.8, 4) is 0 Å². The van der Waals surface area contributed by atoms with Crippen molar-refractivity contribution in [3.05, 3.63) is 29.3 Å². The van der Waals surface area contributed by atoms with Crippen molar-refractivity contribution in [2.75, 3.05) is 18.5 Å². The van der Waals surface area contributed by atoms with E-state index < -0.39 is 0 Å². The summed E-state index contributed by atoms with van der Waals surface area (Å²) in [6.45, 7) is 4.28. The van der Waals surface area contributed by atoms with Gasteiger partial charge in [0.25, 0.3) is 5.91 Å². The summed E-state index contributed by atoms with van der Waals surface area (Å²) in [6, 6.07) is 5.14. The molecule has 0 atom stereocenters. The molecule has 104 valence electrons. The molecule has 0 saturated heterocycles. The first-order chi connectivity index (χ1) is 9.08. The number of aryl methyl sites for hydroxylation is 1. The third-order valence-corrected chi connectivity index (χ3v) is 2.66. The molecule has 19 heavy (non-hydrogen) atoms. The van der Waals surface area contributed by atoms with E-state index in [4.69, 9.17) is 5.11 Å². The summed E-state index contributed by atoms with van der Waals surface area (Å²) in [6.07, 6.45) is 0.732. The molecule has 0 aliphatic carbocycles. The highest BCUT2D eigenvalue weighted by Crippen LogP contribution is 2.17. The van der Waals surface area contributed by atoms with Crippen molar-refractivity contribution in [2.24, 2.45) is 0 Å². The zero-order chi connectivity index (χ0) is 14.3. The quantitative estimate of drug-likeness (QED) is 0.727. The average Bonchev–Trinajstić information content (AvgIpc) is 2.39. The number of hydrogen-bond donors (Lipinski definition) is 3. The van der Waals surface area contributed by atoms with Crippen LogP contribution in [0.1, 0.15) is 35.7 Å². The molecular weight excluding hydrogens is 244 g/mol. The van der Waals surface area contributed by atoms with Crippen molar-refractivity contribution in [1.29, 1.82) is 0 Å². The number of hydrogen-bond acceptors (Lipinski definition) is 3. The van der Waals surface area contributed by atoms with Crippen LogP contribution < -0.4 is 10.6 Å². The van der Waals surface area contributed by atoms with Crippen molar-refractivity contribution >= 4 is 17.5 Å². The lowest BCUT2D eigenvalue weighted by Gasteiger charge is -2.10. The van der Waals surface area contributed by atoms with Gasteiger partial charge in [0, 0.05) is 30.8 Å². The predicted octanol–water partition coefficient (Wildman–Crippen LogP) is 1.46. The number of anilines is 1. The first kappa shape index (κ1) is 15.2. The minimum atomic E-state index is -0.136. The van der Waals surface area contributed by atoms with Crippen LogP contribution in [0.15, 0.2) is 18.2 Å². The van der Waals surface area contributed by atoms with Gasteiger partial charge in [0.15, 0.2) is 0 Å². The van der Waals surface area contributed by atoms with Crippen LogP contribution >= 0.6 is 0 Å². The third kappa shape index (κ3) is 4.71. The summed E-state index contributed by atoms with van der Waals surface area (Å²) in [4.78, 5) is 23.2. The Morgan fingerprint density at radius 1 is 1.32 bits per heavy atom. The summed E-state index contributed by atoms with van der Waals surface area (Å²) in [5, 5.41) is 14.1. The number of nitrogens with one attached hydrogen (secondary N) is 2. The van der Waals surface area contributed by atoms with Crippen LogP contribution in [0.2, 0.25) is 0 Å². The summed E-state index contributed by atoms with van der Waals surface area (Å²) < 4.78 is 0. The summed E-state index contributed by atoms with van der Waals surface area (Å²) in [5.41, 5.74) is 2.10. The molecule has 5 nitrogen and oxygen atoms in total. The fourth-order valence-electron chi connectivity index (χ4n) is 1.66. The molecule has 3 N–H and O–H groups in total. The fraction of sp³-hybridized carbons (Fsp3) is 0.429. The minimum Gasteiger partial charge on any atom is -0.396 e. The zero-order valence-electron chi connectivity index (χ0n) is 11.3. The Balaban J connectivity index is 2.72. The Morgan fingerprint density at radius 3 is 2.63 bits per heavy atom. The lowest BCUT2D eigenvalue weighted by atomic mass is 10.1. The molecule has 0 heterocycles. The largest absolute Gasteiger partial charge is 0.396 e. The maximum absolute atomic E-state index is 11.6. The number of aliphatic hydroxyl groups is 1. The Labute approximate surface area is 113 Å². The van der Waals surface area contributed by atoms with Crippen LogP contribution in [0.5, 0.6) is 0 Å². The molecule has 0 unspecified atom stereocenters. The van der Waals surface area contributed by atoms with Crippen LogP contribution in [0.3, 0.4) is 0 Å². The lowest BCUT2D eigenvalue weighted by molar-refractivity contribution is -0.116. The van der Waals surface area contributed by atoms with Gasteiger partial charge in [-0.25, -0.2) is 0 Å². The van der Waals surface area contributed by atoms with Gasteiger partial charge >= 0.3 is 0 Å². The molecule has 0 fully saturated rings. The van der Waals surface area contributed by atoms with E-state index in [0.29, 0.717) is 24.2 Å². The van der Waals surface area contributed by atoms with Gasteiger partial charge in [0.05, 0.1) is 0 Å². The van der Waals surface area contributed by atoms with Crippen molar-refractivity contribution in [1.82, 2.24) is 5.32 Å². The zero-order valence-corrected chi connectivity index (χ0v) is 11.3. The maximum Gasteiger partial charge on any atom is 0.251 e. The molecule has 0 radical (unpaired) electrons. The van der Waals surface area contributed by atoms with Gasteiger partial charge < -0.3 is 15.7 Å². The molecule has 0 spiro atoms. The second kappa shape index (κ2) is 7.53. The first-order valence-electron chi connectivity index (χ1n) is 6.38. The minimum absolute atomic E-state index is 0.00251. The monoisotopic (exact) mass is 264 g/mol. The highest BCUT2D eigenvalue weighted by Gasteiger charge is 2.08. The molecule has 2 amide bonds. The summed E-state index contributed by atoms with van der Waals surface area (Å²) >= 11 is 0. The van der Waals surface area contributed by atoms with Crippen LogP contribution in [0.4, 0.5) is 5.69 Å². The first-order valence-corrected chi connectivity index (χ1v) is 6.38. The highest BCUT2D eigenvalue weighted by atomic mass is 16.3. The number of benzene rings is 1. The van der Waals surface area contributed by atoms with Gasteiger partial charge in [0.2, 0.25) is 5.91 Å². The molecule has 0 bridgehead atoms. The van der Waals surface area contributed by atoms with Crippen LogP contribution in [-0.4, -0.2) is 30.1 Å². The van der Waals surface area contributed by atoms with Gasteiger partial charge in [-0.2, -0.15) is 0 Å². The van der Waals surface area contributed by atoms with E-state index in [1.54, 1.807) is 18.2 Å². The average molecular weight is 264 g/mol. The summed E-state index contributed by atoms with van der Waals surface area (Å²) in [7, 11) is 0. The fourth-order valence-corrected chi connectivity index (χ4v) is 1.66. The molecule has 0 aliphatic rings. The smallest absolute Gasteiger partial charge is 0.251 e. The normalized spacial score (nSPS) is 10.1. The van der Waals surface area contributed by atoms with E-state index in [2.05, 4.69) is 10.6 Å². The predicted molar refractivity (Wildman–Crippen MR) is 74.1 cm³/mol. The van der Waals surface area contributed by atoms with Crippen LogP contribution in [0, 0.1) is 6.92 Å². The molecule has 0 aromatic heterocycles. The van der Waals surface area contributed by atoms with E-state index in [1.165, 1.54) is 0 Å². The molecule has 1 rings (SSSR count). The van der Waals surface area contributed by atoms with Crippen LogP contribution in [0.25, 0.3) is 0 Å². The Kier molecular flexibility index (Phi) is 6.02. The van der Waals surface area contributed by atoms with E-state index in [-0.39, 0.29) is 24.8 Å². The Hall–Kier alpha value is -1.88. The molecule has 1 aromatic carbocycles. The Morgan fingerprint density at radius 2 is 2.05 bits per heavy atom. The molecule has 1 aromatic rings. The number of rotatable bonds is 6. The van der Waals surface area contributed by atoms with Gasteiger partial charge in [-0.05, 0) is 44.0 Å². The van der Waals surface area contributed by atoms with E-state index >= 15 is 0 Å². The van der Waals surface area contributed by atoms with Crippen molar-refractivity contribution in [3.63, 3.8) is 0 Å². The molecule has 5 heteroatoms. The second-order valence-corrected chi connectivity index (χ2v) is 4.26. The van der Waals surface area contributed by atoms with Crippen molar-refractivity contribution < 1.29 is 14.7 Å². The topological polar surface area (TPSA) is 78.4 Å². The lowest BCUT2D eigenvalue weighted by Crippen LogP contribution is -2.22. The number of amides is 2. The van der Waals surface area contributed by atoms with Crippen LogP contribution in [-0.2, 0) is 4.79 Å². The highest BCUT2D eigenvalue weighted by molar-refractivity contribution is 5.96. The number of aliphatic hydroxyl groups excluding tert-OH is 1. The van der Waals surface area contributed by atoms with Gasteiger partial charge in [-0.15, -0.1) is 0 Å². The second-order valence-electron chi connectivity index (χ2n) is 4.26. The van der Waals surface area contributed by atoms with E-state index in [1.807, 2.05) is 13.8 Å². The van der Waals surface area contributed by atoms with Crippen molar-refractivity contribution in [2.45, 2.75) is 26.7 Å². The Bertz CT molecular complexity index is 458. The third-order valence-electron chi connectivity index (χ3n) is 2.66. The van der Waals surface area contributed by atoms with Gasteiger partial charge in [0.1, 0.15) is 0 Å². The maximum atomic E-state index is 11.6. The van der Waals surface area contributed by atoms with Gasteiger partial charge in [-0.3, -0.25) is 9.59 Å². The number of carbonyl (C=O) groups is 2. The van der Waals surface area contributed by atoms with E-state index in [9.17, 15) is 9.59 Å². The van der Waals surface area contributed by atoms with E-state index in [0.717, 1.165) is 5.56 Å². The SMILES string of the molecule is CCNC(=O)c1ccc(NC(=O)CCCO)c(C)c1. The molecule has 0 saturated carbocycles. The summed E-state index contributed by atoms with van der Waals surface area (Å²) in [5.74, 6) is -0.258. The standard InChI is InChI=1S/C14H20N2O3/c1-3-15-14(19)11-6-7-12(10(2)9-11)16-13(18)5-4-8-17/h6-7,9,17H,3-5,8H2,1-2H3,(H,15,19)(H,16,18). The molecule has 0 aliphatic heterocycles. The van der Waals surface area contributed by atoms with Gasteiger partial charge in [-0.1, -0.05) is 0 Å².